The van der Waals surface area contributed by atoms with Gasteiger partial charge in [0.15, 0.2) is 0 Å². The number of anilines is 1. The summed E-state index contributed by atoms with van der Waals surface area (Å²) in [6.07, 6.45) is -2.93. The molecule has 0 spiro atoms. The smallest absolute Gasteiger partial charge is 0.324 e. The Hall–Kier alpha value is -3.29. The molecule has 2 aromatic carbocycles. The van der Waals surface area contributed by atoms with Crippen molar-refractivity contribution in [1.82, 2.24) is 20.0 Å². The Bertz CT molecular complexity index is 1310. The number of carbonyl (C=O) groups excluding carboxylic acids is 1. The Labute approximate surface area is 226 Å². The van der Waals surface area contributed by atoms with Crippen LogP contribution in [0.1, 0.15) is 23.4 Å². The molecule has 0 aliphatic carbocycles. The molecule has 2 fully saturated rings. The van der Waals surface area contributed by atoms with Crippen LogP contribution in [0.25, 0.3) is 11.5 Å². The van der Waals surface area contributed by atoms with Crippen LogP contribution in [0.5, 0.6) is 0 Å². The van der Waals surface area contributed by atoms with Gasteiger partial charge in [0.05, 0.1) is 19.8 Å². The van der Waals surface area contributed by atoms with Gasteiger partial charge in [0.25, 0.3) is 5.89 Å². The van der Waals surface area contributed by atoms with E-state index in [1.165, 1.54) is 17.0 Å². The molecule has 0 saturated carbocycles. The predicted molar refractivity (Wildman–Crippen MR) is 138 cm³/mol. The zero-order valence-corrected chi connectivity index (χ0v) is 21.9. The van der Waals surface area contributed by atoms with Crippen LogP contribution in [0.2, 0.25) is 0 Å². The number of rotatable bonds is 7. The molecule has 0 bridgehead atoms. The number of morpholine rings is 1. The van der Waals surface area contributed by atoms with Crippen LogP contribution in [-0.4, -0.2) is 81.1 Å². The maximum atomic E-state index is 15.2. The van der Waals surface area contributed by atoms with Gasteiger partial charge in [-0.3, -0.25) is 14.0 Å². The molecule has 5 rings (SSSR count). The average Bonchev–Trinajstić information content (AvgIpc) is 3.45. The van der Waals surface area contributed by atoms with Gasteiger partial charge in [0.2, 0.25) is 5.89 Å². The minimum atomic E-state index is -2.93. The lowest BCUT2D eigenvalue weighted by molar-refractivity contribution is 0.0342. The molecule has 0 unspecified atom stereocenters. The van der Waals surface area contributed by atoms with Gasteiger partial charge in [-0.2, -0.15) is 8.78 Å². The highest BCUT2D eigenvalue weighted by atomic mass is 32.2. The number of hydrogen-bond acceptors (Lipinski definition) is 7. The number of halogens is 3. The van der Waals surface area contributed by atoms with Crippen LogP contribution in [0.4, 0.5) is 23.7 Å². The highest BCUT2D eigenvalue weighted by Crippen LogP contribution is 2.27. The Morgan fingerprint density at radius 2 is 1.74 bits per heavy atom. The van der Waals surface area contributed by atoms with E-state index in [1.54, 1.807) is 4.90 Å². The largest absolute Gasteiger partial charge is 0.415 e. The summed E-state index contributed by atoms with van der Waals surface area (Å²) >= 11 is 0. The number of nitrogens with zero attached hydrogens (tertiary/aromatic N) is 5. The van der Waals surface area contributed by atoms with Gasteiger partial charge in [-0.1, -0.05) is 18.2 Å². The normalized spacial score (nSPS) is 17.1. The zero-order chi connectivity index (χ0) is 27.4. The fraction of sp³-hybridized carbons (Fsp3) is 0.423. The second kappa shape index (κ2) is 12.3. The van der Waals surface area contributed by atoms with Crippen LogP contribution < -0.4 is 4.90 Å². The van der Waals surface area contributed by atoms with Crippen LogP contribution in [0.3, 0.4) is 0 Å². The first-order valence-electron chi connectivity index (χ1n) is 12.6. The van der Waals surface area contributed by atoms with Gasteiger partial charge in [-0.25, -0.2) is 9.18 Å². The fourth-order valence-electron chi connectivity index (χ4n) is 4.49. The predicted octanol–water partition coefficient (Wildman–Crippen LogP) is 3.84. The van der Waals surface area contributed by atoms with Gasteiger partial charge in [-0.05, 0) is 29.8 Å². The summed E-state index contributed by atoms with van der Waals surface area (Å²) in [5.74, 6) is -0.921. The van der Waals surface area contributed by atoms with Crippen molar-refractivity contribution in [1.29, 1.82) is 0 Å². The van der Waals surface area contributed by atoms with Gasteiger partial charge in [-0.15, -0.1) is 10.2 Å². The summed E-state index contributed by atoms with van der Waals surface area (Å²) in [6.45, 7) is 4.49. The Morgan fingerprint density at radius 1 is 1.03 bits per heavy atom. The molecule has 1 aromatic heterocycles. The quantitative estimate of drug-likeness (QED) is 0.432. The van der Waals surface area contributed by atoms with Gasteiger partial charge < -0.3 is 14.1 Å². The molecule has 9 nitrogen and oxygen atoms in total. The van der Waals surface area contributed by atoms with Crippen molar-refractivity contribution in [2.24, 2.45) is 0 Å². The topological polar surface area (TPSA) is 92.0 Å². The fourth-order valence-corrected chi connectivity index (χ4v) is 5.54. The van der Waals surface area contributed by atoms with E-state index in [0.717, 1.165) is 31.3 Å². The number of aromatic nitrogens is 2. The summed E-state index contributed by atoms with van der Waals surface area (Å²) in [5.41, 5.74) is 2.05. The van der Waals surface area contributed by atoms with Crippen molar-refractivity contribution in [2.45, 2.75) is 19.5 Å². The van der Waals surface area contributed by atoms with E-state index in [1.807, 2.05) is 24.3 Å². The SMILES string of the molecule is O=C(N1CCS(=O)CC1)N(Cc1ccc(-c2nnc(C(F)F)o2)cc1F)c1ccc(CN2CCOCC2)cc1. The summed E-state index contributed by atoms with van der Waals surface area (Å²) in [6, 6.07) is 11.3. The molecule has 3 heterocycles. The second-order valence-electron chi connectivity index (χ2n) is 9.31. The number of ether oxygens (including phenoxy) is 1. The number of urea groups is 1. The van der Waals surface area contributed by atoms with Crippen LogP contribution in [0, 0.1) is 5.82 Å². The first kappa shape index (κ1) is 27.3. The lowest BCUT2D eigenvalue weighted by Gasteiger charge is -2.33. The Balaban J connectivity index is 1.37. The van der Waals surface area contributed by atoms with E-state index in [-0.39, 0.29) is 29.6 Å². The van der Waals surface area contributed by atoms with Crippen molar-refractivity contribution >= 4 is 22.5 Å². The molecule has 3 aromatic rings. The standard InChI is InChI=1S/C26H28F3N5O4S/c27-22-15-19(24-30-31-25(38-24)23(28)29)3-4-20(22)17-34(26(35)33-9-13-39(36)14-10-33)21-5-1-18(2-6-21)16-32-7-11-37-12-8-32/h1-6,15,23H,7-14,16-17H2. The average molecular weight is 564 g/mol. The molecular formula is C26H28F3N5O4S. The monoisotopic (exact) mass is 563 g/mol. The third-order valence-corrected chi connectivity index (χ3v) is 7.97. The lowest BCUT2D eigenvalue weighted by atomic mass is 10.1. The Morgan fingerprint density at radius 3 is 2.38 bits per heavy atom. The van der Waals surface area contributed by atoms with Crippen molar-refractivity contribution in [3.05, 3.63) is 65.3 Å². The Kier molecular flexibility index (Phi) is 8.58. The first-order chi connectivity index (χ1) is 18.9. The molecule has 39 heavy (non-hydrogen) atoms. The molecule has 13 heteroatoms. The number of alkyl halides is 2. The highest BCUT2D eigenvalue weighted by molar-refractivity contribution is 7.85. The van der Waals surface area contributed by atoms with E-state index < -0.39 is 28.9 Å². The maximum absolute atomic E-state index is 15.2. The van der Waals surface area contributed by atoms with E-state index in [0.29, 0.717) is 43.5 Å². The van der Waals surface area contributed by atoms with Crippen LogP contribution in [0.15, 0.2) is 46.9 Å². The molecular weight excluding hydrogens is 535 g/mol. The molecule has 208 valence electrons. The molecule has 2 aliphatic rings. The highest BCUT2D eigenvalue weighted by Gasteiger charge is 2.27. The molecule has 2 saturated heterocycles. The lowest BCUT2D eigenvalue weighted by Crippen LogP contribution is -2.48. The third-order valence-electron chi connectivity index (χ3n) is 6.69. The van der Waals surface area contributed by atoms with E-state index >= 15 is 4.39 Å². The zero-order valence-electron chi connectivity index (χ0n) is 21.1. The van der Waals surface area contributed by atoms with Gasteiger partial charge in [0, 0.05) is 71.8 Å². The van der Waals surface area contributed by atoms with E-state index in [2.05, 4.69) is 15.1 Å². The molecule has 2 aliphatic heterocycles. The number of benzene rings is 2. The summed E-state index contributed by atoms with van der Waals surface area (Å²) < 4.78 is 63.0. The summed E-state index contributed by atoms with van der Waals surface area (Å²) in [5, 5.41) is 6.84. The summed E-state index contributed by atoms with van der Waals surface area (Å²) in [7, 11) is -0.959. The number of carbonyl (C=O) groups is 1. The summed E-state index contributed by atoms with van der Waals surface area (Å²) in [4.78, 5) is 19.0. The molecule has 2 amide bonds. The minimum absolute atomic E-state index is 0.0700. The van der Waals surface area contributed by atoms with Crippen molar-refractivity contribution in [3.63, 3.8) is 0 Å². The molecule has 0 radical (unpaired) electrons. The maximum Gasteiger partial charge on any atom is 0.324 e. The second-order valence-corrected chi connectivity index (χ2v) is 11.0. The van der Waals surface area contributed by atoms with E-state index in [4.69, 9.17) is 9.15 Å². The van der Waals surface area contributed by atoms with Crippen molar-refractivity contribution < 1.29 is 31.3 Å². The molecule has 0 N–H and O–H groups in total. The van der Waals surface area contributed by atoms with Crippen LogP contribution >= 0.6 is 0 Å². The minimum Gasteiger partial charge on any atom is -0.415 e. The molecule has 0 atom stereocenters. The van der Waals surface area contributed by atoms with Gasteiger partial charge in [0.1, 0.15) is 5.82 Å². The van der Waals surface area contributed by atoms with Crippen molar-refractivity contribution in [3.8, 4) is 11.5 Å². The number of hydrogen-bond donors (Lipinski definition) is 0. The van der Waals surface area contributed by atoms with E-state index in [9.17, 15) is 17.8 Å². The first-order valence-corrected chi connectivity index (χ1v) is 14.1. The van der Waals surface area contributed by atoms with Crippen molar-refractivity contribution in [2.75, 3.05) is 55.8 Å². The number of amides is 2. The van der Waals surface area contributed by atoms with Crippen LogP contribution in [-0.2, 0) is 28.6 Å². The van der Waals surface area contributed by atoms with Gasteiger partial charge >= 0.3 is 12.5 Å². The third kappa shape index (κ3) is 6.65.